The van der Waals surface area contributed by atoms with Gasteiger partial charge in [0.25, 0.3) is 0 Å². The van der Waals surface area contributed by atoms with E-state index in [1.165, 1.54) is 4.90 Å². The Morgan fingerprint density at radius 1 is 1.50 bits per heavy atom. The first-order chi connectivity index (χ1) is 10.3. The van der Waals surface area contributed by atoms with Gasteiger partial charge in [-0.05, 0) is 24.6 Å². The van der Waals surface area contributed by atoms with Gasteiger partial charge in [0, 0.05) is 30.2 Å². The lowest BCUT2D eigenvalue weighted by molar-refractivity contribution is 0.194. The first-order valence-corrected chi connectivity index (χ1v) is 9.06. The number of hydrogen-bond acceptors (Lipinski definition) is 4. The largest absolute Gasteiger partial charge is 0.496 e. The number of benzene rings is 1. The van der Waals surface area contributed by atoms with Gasteiger partial charge in [0.15, 0.2) is 9.84 Å². The summed E-state index contributed by atoms with van der Waals surface area (Å²) >= 11 is 5.94. The van der Waals surface area contributed by atoms with Gasteiger partial charge in [-0.15, -0.1) is 0 Å². The van der Waals surface area contributed by atoms with Crippen molar-refractivity contribution in [3.8, 4) is 5.75 Å². The molecule has 1 saturated heterocycles. The van der Waals surface area contributed by atoms with Gasteiger partial charge in [-0.3, -0.25) is 0 Å². The average Bonchev–Trinajstić information content (AvgIpc) is 2.84. The number of sulfone groups is 1. The minimum atomic E-state index is -3.02. The van der Waals surface area contributed by atoms with Crippen LogP contribution < -0.4 is 10.1 Å². The molecule has 1 N–H and O–H groups in total. The lowest BCUT2D eigenvalue weighted by Crippen LogP contribution is -2.43. The number of carbonyl (C=O) groups is 1. The first kappa shape index (κ1) is 16.9. The number of ether oxygens (including phenoxy) is 1. The third-order valence-electron chi connectivity index (χ3n) is 3.75. The molecule has 0 saturated carbocycles. The maximum atomic E-state index is 12.1. The zero-order chi connectivity index (χ0) is 16.3. The molecule has 1 aromatic carbocycles. The molecule has 8 heteroatoms. The van der Waals surface area contributed by atoms with E-state index in [1.807, 2.05) is 0 Å². The number of halogens is 1. The summed E-state index contributed by atoms with van der Waals surface area (Å²) in [6, 6.07) is 4.58. The normalized spacial score (nSPS) is 19.7. The number of amides is 2. The summed E-state index contributed by atoms with van der Waals surface area (Å²) in [6.45, 7) is 0.256. The molecular weight excluding hydrogens is 328 g/mol. The third kappa shape index (κ3) is 4.04. The van der Waals surface area contributed by atoms with Crippen LogP contribution in [-0.4, -0.2) is 51.1 Å². The van der Waals surface area contributed by atoms with Gasteiger partial charge in [0.1, 0.15) is 5.75 Å². The molecule has 0 bridgehead atoms. The van der Waals surface area contributed by atoms with E-state index in [9.17, 15) is 13.2 Å². The zero-order valence-electron chi connectivity index (χ0n) is 12.5. The summed E-state index contributed by atoms with van der Waals surface area (Å²) in [6.07, 6.45) is 0.479. The molecule has 1 aliphatic heterocycles. The van der Waals surface area contributed by atoms with Crippen molar-refractivity contribution >= 4 is 27.5 Å². The van der Waals surface area contributed by atoms with E-state index in [1.54, 1.807) is 32.4 Å². The van der Waals surface area contributed by atoms with Crippen molar-refractivity contribution in [2.24, 2.45) is 0 Å². The van der Waals surface area contributed by atoms with E-state index in [0.717, 1.165) is 5.56 Å². The van der Waals surface area contributed by atoms with Crippen LogP contribution in [0.1, 0.15) is 12.0 Å². The van der Waals surface area contributed by atoms with Crippen LogP contribution in [0.3, 0.4) is 0 Å². The van der Waals surface area contributed by atoms with Gasteiger partial charge in [0.2, 0.25) is 0 Å². The molecule has 6 nitrogen and oxygen atoms in total. The summed E-state index contributed by atoms with van der Waals surface area (Å²) in [5.41, 5.74) is 0.760. The highest BCUT2D eigenvalue weighted by atomic mass is 35.5. The Morgan fingerprint density at radius 2 is 2.23 bits per heavy atom. The molecule has 1 aromatic rings. The number of rotatable bonds is 4. The third-order valence-corrected chi connectivity index (χ3v) is 5.73. The Bertz CT molecular complexity index is 663. The molecule has 1 heterocycles. The van der Waals surface area contributed by atoms with Crippen LogP contribution in [-0.2, 0) is 16.4 Å². The van der Waals surface area contributed by atoms with Gasteiger partial charge in [-0.25, -0.2) is 13.2 Å². The molecule has 0 radical (unpaired) electrons. The molecule has 1 aliphatic rings. The predicted molar refractivity (Wildman–Crippen MR) is 85.1 cm³/mol. The van der Waals surface area contributed by atoms with Crippen LogP contribution in [0.4, 0.5) is 4.79 Å². The van der Waals surface area contributed by atoms with Crippen LogP contribution in [0.25, 0.3) is 0 Å². The summed E-state index contributed by atoms with van der Waals surface area (Å²) in [4.78, 5) is 13.6. The van der Waals surface area contributed by atoms with Crippen molar-refractivity contribution in [1.29, 1.82) is 0 Å². The molecule has 2 rings (SSSR count). The number of nitrogens with one attached hydrogen (secondary N) is 1. The first-order valence-electron chi connectivity index (χ1n) is 6.86. The van der Waals surface area contributed by atoms with Gasteiger partial charge in [-0.1, -0.05) is 11.6 Å². The summed E-state index contributed by atoms with van der Waals surface area (Å²) in [7, 11) is 0.136. The average molecular weight is 347 g/mol. The molecule has 122 valence electrons. The maximum absolute atomic E-state index is 12.1. The quantitative estimate of drug-likeness (QED) is 0.900. The highest BCUT2D eigenvalue weighted by Gasteiger charge is 2.32. The molecule has 0 unspecified atom stereocenters. The fourth-order valence-corrected chi connectivity index (χ4v) is 4.40. The Morgan fingerprint density at radius 3 is 2.82 bits per heavy atom. The van der Waals surface area contributed by atoms with E-state index in [-0.39, 0.29) is 30.1 Å². The maximum Gasteiger partial charge on any atom is 0.317 e. The number of nitrogens with zero attached hydrogens (tertiary/aromatic N) is 1. The minimum absolute atomic E-state index is 0.0252. The molecule has 2 amide bonds. The van der Waals surface area contributed by atoms with Crippen LogP contribution >= 0.6 is 11.6 Å². The SMILES string of the molecule is COc1ccc(Cl)cc1CNC(=O)N(C)[C@H]1CCS(=O)(=O)C1. The van der Waals surface area contributed by atoms with Gasteiger partial charge < -0.3 is 15.0 Å². The fourth-order valence-electron chi connectivity index (χ4n) is 2.43. The zero-order valence-corrected chi connectivity index (χ0v) is 14.1. The van der Waals surface area contributed by atoms with Crippen molar-refractivity contribution in [3.63, 3.8) is 0 Å². The number of methoxy groups -OCH3 is 1. The highest BCUT2D eigenvalue weighted by Crippen LogP contribution is 2.22. The second-order valence-electron chi connectivity index (χ2n) is 5.28. The molecule has 0 aromatic heterocycles. The summed E-state index contributed by atoms with van der Waals surface area (Å²) < 4.78 is 28.2. The standard InChI is InChI=1S/C14H19ClN2O4S/c1-17(12-5-6-22(19,20)9-12)14(18)16-8-10-7-11(15)3-4-13(10)21-2/h3-4,7,12H,5-6,8-9H2,1-2H3,(H,16,18)/t12-/m0/s1. The van der Waals surface area contributed by atoms with E-state index in [4.69, 9.17) is 16.3 Å². The van der Waals surface area contributed by atoms with Crippen molar-refractivity contribution in [1.82, 2.24) is 10.2 Å². The molecule has 0 aliphatic carbocycles. The highest BCUT2D eigenvalue weighted by molar-refractivity contribution is 7.91. The predicted octanol–water partition coefficient (Wildman–Crippen LogP) is 1.68. The number of hydrogen-bond donors (Lipinski definition) is 1. The molecule has 22 heavy (non-hydrogen) atoms. The van der Waals surface area contributed by atoms with E-state index >= 15 is 0 Å². The second kappa shape index (κ2) is 6.75. The van der Waals surface area contributed by atoms with Crippen molar-refractivity contribution in [2.75, 3.05) is 25.7 Å². The van der Waals surface area contributed by atoms with Crippen molar-refractivity contribution < 1.29 is 17.9 Å². The van der Waals surface area contributed by atoms with Crippen molar-refractivity contribution in [2.45, 2.75) is 19.0 Å². The van der Waals surface area contributed by atoms with E-state index < -0.39 is 9.84 Å². The lowest BCUT2D eigenvalue weighted by atomic mass is 10.2. The second-order valence-corrected chi connectivity index (χ2v) is 7.95. The molecular formula is C14H19ClN2O4S. The molecule has 0 spiro atoms. The van der Waals surface area contributed by atoms with Crippen LogP contribution in [0.15, 0.2) is 18.2 Å². The van der Waals surface area contributed by atoms with Crippen molar-refractivity contribution in [3.05, 3.63) is 28.8 Å². The monoisotopic (exact) mass is 346 g/mol. The minimum Gasteiger partial charge on any atom is -0.496 e. The van der Waals surface area contributed by atoms with Gasteiger partial charge >= 0.3 is 6.03 Å². The summed E-state index contributed by atoms with van der Waals surface area (Å²) in [5, 5.41) is 3.31. The van der Waals surface area contributed by atoms with Crippen LogP contribution in [0.2, 0.25) is 5.02 Å². The van der Waals surface area contributed by atoms with Crippen LogP contribution in [0.5, 0.6) is 5.75 Å². The smallest absolute Gasteiger partial charge is 0.317 e. The number of carbonyl (C=O) groups excluding carboxylic acids is 1. The summed E-state index contributed by atoms with van der Waals surface area (Å²) in [5.74, 6) is 0.797. The Hall–Kier alpha value is -1.47. The van der Waals surface area contributed by atoms with Crippen LogP contribution in [0, 0.1) is 0 Å². The topological polar surface area (TPSA) is 75.7 Å². The Balaban J connectivity index is 1.97. The molecule has 1 fully saturated rings. The molecule has 1 atom stereocenters. The Labute approximate surface area is 135 Å². The van der Waals surface area contributed by atoms with Gasteiger partial charge in [-0.2, -0.15) is 0 Å². The number of urea groups is 1. The van der Waals surface area contributed by atoms with E-state index in [2.05, 4.69) is 5.32 Å². The Kier molecular flexibility index (Phi) is 5.18. The van der Waals surface area contributed by atoms with Gasteiger partial charge in [0.05, 0.1) is 18.6 Å². The fraction of sp³-hybridized carbons (Fsp3) is 0.500. The lowest BCUT2D eigenvalue weighted by Gasteiger charge is -2.24. The van der Waals surface area contributed by atoms with E-state index in [0.29, 0.717) is 17.2 Å².